The smallest absolute Gasteiger partial charge is 0.340 e. The summed E-state index contributed by atoms with van der Waals surface area (Å²) < 4.78 is 10.4. The van der Waals surface area contributed by atoms with Gasteiger partial charge >= 0.3 is 5.97 Å². The van der Waals surface area contributed by atoms with Crippen LogP contribution in [0.25, 0.3) is 6.08 Å². The maximum atomic E-state index is 12.7. The zero-order valence-electron chi connectivity index (χ0n) is 19.7. The van der Waals surface area contributed by atoms with Crippen LogP contribution in [0.5, 0.6) is 5.75 Å². The van der Waals surface area contributed by atoms with E-state index in [0.29, 0.717) is 11.3 Å². The molecular weight excluding hydrogens is 430 g/mol. The summed E-state index contributed by atoms with van der Waals surface area (Å²) in [6.45, 7) is 5.38. The van der Waals surface area contributed by atoms with E-state index in [0.717, 1.165) is 28.0 Å². The van der Waals surface area contributed by atoms with Crippen molar-refractivity contribution in [2.75, 3.05) is 19.0 Å². The fourth-order valence-electron chi connectivity index (χ4n) is 3.38. The second-order valence-corrected chi connectivity index (χ2v) is 7.89. The summed E-state index contributed by atoms with van der Waals surface area (Å²) in [5.74, 6) is -0.652. The maximum Gasteiger partial charge on any atom is 0.340 e. The zero-order chi connectivity index (χ0) is 24.7. The minimum atomic E-state index is -0.690. The summed E-state index contributed by atoms with van der Waals surface area (Å²) in [4.78, 5) is 37.7. The van der Waals surface area contributed by atoms with Crippen molar-refractivity contribution in [3.05, 3.63) is 100 Å². The highest BCUT2D eigenvalue weighted by Crippen LogP contribution is 2.19. The van der Waals surface area contributed by atoms with E-state index in [4.69, 9.17) is 9.47 Å². The number of methoxy groups -OCH3 is 1. The van der Waals surface area contributed by atoms with Crippen molar-refractivity contribution in [3.63, 3.8) is 0 Å². The molecule has 6 heteroatoms. The first-order valence-corrected chi connectivity index (χ1v) is 10.8. The van der Waals surface area contributed by atoms with Gasteiger partial charge in [0.05, 0.1) is 18.4 Å². The topological polar surface area (TPSA) is 81.7 Å². The fraction of sp³-hybridized carbons (Fsp3) is 0.179. The number of aryl methyl sites for hydroxylation is 3. The Kier molecular flexibility index (Phi) is 7.98. The number of hydrogen-bond donors (Lipinski definition) is 1. The quantitative estimate of drug-likeness (QED) is 0.282. The molecule has 0 heterocycles. The molecule has 3 aromatic rings. The van der Waals surface area contributed by atoms with E-state index in [-0.39, 0.29) is 18.0 Å². The molecule has 0 spiro atoms. The van der Waals surface area contributed by atoms with Gasteiger partial charge < -0.3 is 14.8 Å². The molecule has 3 rings (SSSR count). The first kappa shape index (κ1) is 24.5. The minimum Gasteiger partial charge on any atom is -0.497 e. The van der Waals surface area contributed by atoms with Gasteiger partial charge in [-0.05, 0) is 79.4 Å². The van der Waals surface area contributed by atoms with Crippen LogP contribution in [-0.2, 0) is 9.53 Å². The van der Waals surface area contributed by atoms with Crippen molar-refractivity contribution in [3.8, 4) is 5.75 Å². The number of ketones is 1. The van der Waals surface area contributed by atoms with Crippen LogP contribution >= 0.6 is 0 Å². The third-order valence-electron chi connectivity index (χ3n) is 5.42. The lowest BCUT2D eigenvalue weighted by Gasteiger charge is -2.11. The Balaban J connectivity index is 1.65. The van der Waals surface area contributed by atoms with Crippen LogP contribution in [-0.4, -0.2) is 31.4 Å². The molecule has 34 heavy (non-hydrogen) atoms. The highest BCUT2D eigenvalue weighted by atomic mass is 16.5. The molecule has 0 saturated carbocycles. The monoisotopic (exact) mass is 457 g/mol. The fourth-order valence-corrected chi connectivity index (χ4v) is 3.38. The van der Waals surface area contributed by atoms with Gasteiger partial charge in [0.1, 0.15) is 5.75 Å². The van der Waals surface area contributed by atoms with E-state index in [1.54, 1.807) is 43.5 Å². The standard InChI is InChI=1S/C28H27NO5/c1-18-15-20(3)24(16-19(18)2)26(30)17-34-28(32)23-7-5-6-8-25(23)29-27(31)14-11-21-9-12-22(33-4)13-10-21/h5-16H,17H2,1-4H3,(H,29,31). The molecule has 1 N–H and O–H groups in total. The summed E-state index contributed by atoms with van der Waals surface area (Å²) >= 11 is 0. The number of amides is 1. The number of rotatable bonds is 8. The highest BCUT2D eigenvalue weighted by Gasteiger charge is 2.17. The third-order valence-corrected chi connectivity index (χ3v) is 5.42. The first-order chi connectivity index (χ1) is 16.3. The lowest BCUT2D eigenvalue weighted by Crippen LogP contribution is -2.18. The molecule has 0 aromatic heterocycles. The second-order valence-electron chi connectivity index (χ2n) is 7.89. The SMILES string of the molecule is COc1ccc(C=CC(=O)Nc2ccccc2C(=O)OCC(=O)c2cc(C)c(C)cc2C)cc1. The predicted octanol–water partition coefficient (Wildman–Crippen LogP) is 5.31. The van der Waals surface area contributed by atoms with Crippen molar-refractivity contribution < 1.29 is 23.9 Å². The molecule has 0 fully saturated rings. The van der Waals surface area contributed by atoms with Crippen LogP contribution < -0.4 is 10.1 Å². The minimum absolute atomic E-state index is 0.165. The average molecular weight is 458 g/mol. The van der Waals surface area contributed by atoms with Crippen molar-refractivity contribution in [1.29, 1.82) is 0 Å². The zero-order valence-corrected chi connectivity index (χ0v) is 19.7. The van der Waals surface area contributed by atoms with E-state index in [2.05, 4.69) is 5.32 Å². The molecule has 1 amide bonds. The van der Waals surface area contributed by atoms with Crippen molar-refractivity contribution in [1.82, 2.24) is 0 Å². The van der Waals surface area contributed by atoms with Gasteiger partial charge in [0.15, 0.2) is 6.61 Å². The number of benzene rings is 3. The van der Waals surface area contributed by atoms with Crippen LogP contribution in [0.3, 0.4) is 0 Å². The number of carbonyl (C=O) groups is 3. The van der Waals surface area contributed by atoms with E-state index < -0.39 is 11.9 Å². The summed E-state index contributed by atoms with van der Waals surface area (Å²) in [6, 6.07) is 17.5. The van der Waals surface area contributed by atoms with E-state index >= 15 is 0 Å². The van der Waals surface area contributed by atoms with Crippen LogP contribution in [0.2, 0.25) is 0 Å². The van der Waals surface area contributed by atoms with E-state index in [1.165, 1.54) is 12.1 Å². The molecule has 174 valence electrons. The highest BCUT2D eigenvalue weighted by molar-refractivity contribution is 6.07. The van der Waals surface area contributed by atoms with Gasteiger partial charge in [-0.25, -0.2) is 4.79 Å². The van der Waals surface area contributed by atoms with Gasteiger partial charge in [0.25, 0.3) is 0 Å². The number of ether oxygens (including phenoxy) is 2. The molecule has 6 nitrogen and oxygen atoms in total. The Bertz CT molecular complexity index is 1240. The van der Waals surface area contributed by atoms with Crippen LogP contribution in [0, 0.1) is 20.8 Å². The Morgan fingerprint density at radius 1 is 0.853 bits per heavy atom. The summed E-state index contributed by atoms with van der Waals surface area (Å²) in [5, 5.41) is 2.69. The molecule has 3 aromatic carbocycles. The largest absolute Gasteiger partial charge is 0.497 e. The van der Waals surface area contributed by atoms with Crippen LogP contribution in [0.1, 0.15) is 43.0 Å². The van der Waals surface area contributed by atoms with Crippen LogP contribution in [0.4, 0.5) is 5.69 Å². The molecule has 0 unspecified atom stereocenters. The van der Waals surface area contributed by atoms with Gasteiger partial charge in [0.2, 0.25) is 11.7 Å². The number of esters is 1. The Morgan fingerprint density at radius 2 is 1.53 bits per heavy atom. The van der Waals surface area contributed by atoms with Gasteiger partial charge in [-0.2, -0.15) is 0 Å². The molecule has 0 aliphatic carbocycles. The number of hydrogen-bond acceptors (Lipinski definition) is 5. The predicted molar refractivity (Wildman–Crippen MR) is 132 cm³/mol. The van der Waals surface area contributed by atoms with E-state index in [1.807, 2.05) is 45.0 Å². The number of Topliss-reactive ketones (excluding diaryl/α,β-unsaturated/α-hetero) is 1. The molecule has 0 bridgehead atoms. The summed E-state index contributed by atoms with van der Waals surface area (Å²) in [6.07, 6.45) is 3.02. The van der Waals surface area contributed by atoms with Crippen molar-refractivity contribution >= 4 is 29.4 Å². The maximum absolute atomic E-state index is 12.7. The number of carbonyl (C=O) groups excluding carboxylic acids is 3. The normalized spacial score (nSPS) is 10.7. The lowest BCUT2D eigenvalue weighted by atomic mass is 9.98. The van der Waals surface area contributed by atoms with Gasteiger partial charge in [-0.1, -0.05) is 30.3 Å². The Hall–Kier alpha value is -4.19. The van der Waals surface area contributed by atoms with Crippen LogP contribution in [0.15, 0.2) is 66.7 Å². The summed E-state index contributed by atoms with van der Waals surface area (Å²) in [5.41, 5.74) is 4.74. The van der Waals surface area contributed by atoms with Crippen molar-refractivity contribution in [2.45, 2.75) is 20.8 Å². The van der Waals surface area contributed by atoms with E-state index in [9.17, 15) is 14.4 Å². The molecule has 0 aliphatic rings. The van der Waals surface area contributed by atoms with Crippen molar-refractivity contribution in [2.24, 2.45) is 0 Å². The average Bonchev–Trinajstić information content (AvgIpc) is 2.84. The first-order valence-electron chi connectivity index (χ1n) is 10.8. The second kappa shape index (κ2) is 11.1. The lowest BCUT2D eigenvalue weighted by molar-refractivity contribution is -0.111. The molecule has 0 atom stereocenters. The van der Waals surface area contributed by atoms with Gasteiger partial charge in [0, 0.05) is 11.6 Å². The Morgan fingerprint density at radius 3 is 2.24 bits per heavy atom. The Labute approximate surface area is 199 Å². The number of nitrogens with one attached hydrogen (secondary N) is 1. The number of anilines is 1. The third kappa shape index (κ3) is 6.19. The summed E-state index contributed by atoms with van der Waals surface area (Å²) in [7, 11) is 1.58. The van der Waals surface area contributed by atoms with Gasteiger partial charge in [-0.15, -0.1) is 0 Å². The molecule has 0 aliphatic heterocycles. The number of para-hydroxylation sites is 1. The molecule has 0 saturated heterocycles. The van der Waals surface area contributed by atoms with Gasteiger partial charge in [-0.3, -0.25) is 9.59 Å². The molecular formula is C28H27NO5. The molecule has 0 radical (unpaired) electrons.